The van der Waals surface area contributed by atoms with E-state index in [1.165, 1.54) is 0 Å². The van der Waals surface area contributed by atoms with Gasteiger partial charge in [0.2, 0.25) is 0 Å². The number of rotatable bonds is 12. The molecule has 0 amide bonds. The van der Waals surface area contributed by atoms with Gasteiger partial charge in [0.25, 0.3) is 0 Å². The highest BCUT2D eigenvalue weighted by Crippen LogP contribution is 2.39. The molecule has 1 aromatic rings. The Hall–Kier alpha value is -0.690. The fourth-order valence-corrected chi connectivity index (χ4v) is 3.10. The number of ether oxygens (including phenoxy) is 2. The number of halogens is 3. The highest BCUT2D eigenvalue weighted by Gasteiger charge is 2.49. The minimum atomic E-state index is -3.84. The topological polar surface area (TPSA) is 65.0 Å². The van der Waals surface area contributed by atoms with Crippen LogP contribution in [0.3, 0.4) is 0 Å². The van der Waals surface area contributed by atoms with Crippen LogP contribution in [0.4, 0.5) is 8.78 Å². The number of hydrogen-bond donors (Lipinski definition) is 1. The third kappa shape index (κ3) is 7.21. The summed E-state index contributed by atoms with van der Waals surface area (Å²) < 4.78 is 53.4. The van der Waals surface area contributed by atoms with Crippen molar-refractivity contribution in [2.24, 2.45) is 0 Å². The third-order valence-electron chi connectivity index (χ3n) is 4.05. The van der Waals surface area contributed by atoms with Crippen LogP contribution in [0.5, 0.6) is 0 Å². The molecule has 0 bridgehead atoms. The van der Waals surface area contributed by atoms with Crippen molar-refractivity contribution in [2.45, 2.75) is 57.5 Å². The van der Waals surface area contributed by atoms with Gasteiger partial charge in [-0.1, -0.05) is 55.8 Å². The number of alkyl halides is 3. The molecule has 1 aromatic carbocycles. The summed E-state index contributed by atoms with van der Waals surface area (Å²) in [5, 5.41) is 0. The Morgan fingerprint density at radius 3 is 2.32 bits per heavy atom. The molecule has 0 aliphatic carbocycles. The van der Waals surface area contributed by atoms with Gasteiger partial charge in [0.1, 0.15) is 6.07 Å². The maximum absolute atomic E-state index is 13.9. The van der Waals surface area contributed by atoms with Crippen molar-refractivity contribution >= 4 is 19.9 Å². The van der Waals surface area contributed by atoms with Gasteiger partial charge < -0.3 is 9.47 Å². The molecule has 0 heterocycles. The monoisotopic (exact) mass is 399 g/mol. The summed E-state index contributed by atoms with van der Waals surface area (Å²) in [5.41, 5.74) is -0.154. The van der Waals surface area contributed by atoms with Crippen molar-refractivity contribution in [1.29, 1.82) is 0 Å². The molecular weight excluding hydrogens is 377 g/mol. The zero-order valence-electron chi connectivity index (χ0n) is 14.2. The lowest BCUT2D eigenvalue weighted by Crippen LogP contribution is -2.48. The largest absolute Gasteiger partial charge is 0.701 e. The Balaban J connectivity index is 2.96. The summed E-state index contributed by atoms with van der Waals surface area (Å²) in [4.78, 5) is 8.61. The van der Waals surface area contributed by atoms with Crippen LogP contribution >= 0.6 is 19.9 Å². The lowest BCUT2D eigenvalue weighted by molar-refractivity contribution is -0.232. The molecule has 0 saturated heterocycles. The molecule has 0 aliphatic rings. The minimum absolute atomic E-state index is 0.214. The first-order valence-corrected chi connectivity index (χ1v) is 9.53. The van der Waals surface area contributed by atoms with Crippen LogP contribution < -0.4 is 0 Å². The second-order valence-electron chi connectivity index (χ2n) is 5.48. The zero-order chi connectivity index (χ0) is 18.9. The molecule has 142 valence electrons. The van der Waals surface area contributed by atoms with Gasteiger partial charge in [0.15, 0.2) is 0 Å². The summed E-state index contributed by atoms with van der Waals surface area (Å²) >= 11 is 5.60. The van der Waals surface area contributed by atoms with Gasteiger partial charge in [-0.05, 0) is 22.9 Å². The summed E-state index contributed by atoms with van der Waals surface area (Å²) in [6.45, 7) is 3.81. The number of hydrogen-bond acceptors (Lipinski definition) is 4. The molecule has 9 heteroatoms. The van der Waals surface area contributed by atoms with Gasteiger partial charge in [-0.2, -0.15) is 8.78 Å². The van der Waals surface area contributed by atoms with E-state index >= 15 is 0 Å². The molecule has 1 rings (SSSR count). The van der Waals surface area contributed by atoms with E-state index in [2.05, 4.69) is 4.52 Å². The van der Waals surface area contributed by atoms with Gasteiger partial charge in [-0.15, -0.1) is 4.89 Å². The molecule has 0 aliphatic heterocycles. The molecule has 5 nitrogen and oxygen atoms in total. The molecule has 0 saturated carbocycles. The maximum Gasteiger partial charge on any atom is 0.701 e. The lowest BCUT2D eigenvalue weighted by Gasteiger charge is -2.39. The van der Waals surface area contributed by atoms with E-state index in [-0.39, 0.29) is 12.7 Å². The molecule has 2 unspecified atom stereocenters. The second kappa shape index (κ2) is 10.5. The van der Waals surface area contributed by atoms with Crippen molar-refractivity contribution < 1.29 is 32.2 Å². The SMILES string of the molecule is CCC(CC)(OCc1ccccc1)C(CC(F)(F)O[P+](=O)O)OCCl. The predicted molar refractivity (Wildman–Crippen MR) is 90.6 cm³/mol. The van der Waals surface area contributed by atoms with Gasteiger partial charge in [0, 0.05) is 4.57 Å². The second-order valence-corrected chi connectivity index (χ2v) is 6.36. The van der Waals surface area contributed by atoms with Gasteiger partial charge in [-0.3, -0.25) is 0 Å². The first-order valence-electron chi connectivity index (χ1n) is 7.87. The fraction of sp³-hybridized carbons (Fsp3) is 0.625. The Morgan fingerprint density at radius 2 is 1.84 bits per heavy atom. The van der Waals surface area contributed by atoms with Crippen LogP contribution in [0.25, 0.3) is 0 Å². The average Bonchev–Trinajstić information content (AvgIpc) is 2.55. The first-order chi connectivity index (χ1) is 11.8. The molecule has 0 fully saturated rings. The Labute approximate surface area is 152 Å². The smallest absolute Gasteiger partial charge is 0.368 e. The van der Waals surface area contributed by atoms with E-state index in [1.807, 2.05) is 30.3 Å². The molecular formula is C16H23ClF2O5P+. The summed E-state index contributed by atoms with van der Waals surface area (Å²) in [6, 6.07) is 8.98. The highest BCUT2D eigenvalue weighted by molar-refractivity contribution is 7.32. The molecule has 0 spiro atoms. The normalized spacial score (nSPS) is 14.4. The molecule has 1 N–H and O–H groups in total. The highest BCUT2D eigenvalue weighted by atomic mass is 35.5. The predicted octanol–water partition coefficient (Wildman–Crippen LogP) is 4.99. The summed E-state index contributed by atoms with van der Waals surface area (Å²) in [7, 11) is -3.45. The van der Waals surface area contributed by atoms with E-state index < -0.39 is 32.5 Å². The first kappa shape index (κ1) is 22.4. The third-order valence-corrected chi connectivity index (χ3v) is 4.60. The quantitative estimate of drug-likeness (QED) is 0.396. The van der Waals surface area contributed by atoms with Gasteiger partial charge >= 0.3 is 14.4 Å². The van der Waals surface area contributed by atoms with Crippen molar-refractivity contribution in [3.8, 4) is 0 Å². The Morgan fingerprint density at radius 1 is 1.24 bits per heavy atom. The maximum atomic E-state index is 13.9. The van der Waals surface area contributed by atoms with Crippen molar-refractivity contribution in [3.63, 3.8) is 0 Å². The van der Waals surface area contributed by atoms with E-state index in [0.29, 0.717) is 12.8 Å². The van der Waals surface area contributed by atoms with Crippen molar-refractivity contribution in [3.05, 3.63) is 35.9 Å². The van der Waals surface area contributed by atoms with Crippen LogP contribution in [-0.2, 0) is 25.2 Å². The van der Waals surface area contributed by atoms with Crippen LogP contribution in [0.2, 0.25) is 0 Å². The van der Waals surface area contributed by atoms with E-state index in [9.17, 15) is 13.3 Å². The van der Waals surface area contributed by atoms with Crippen LogP contribution in [0.15, 0.2) is 30.3 Å². The van der Waals surface area contributed by atoms with E-state index in [4.69, 9.17) is 26.0 Å². The molecule has 25 heavy (non-hydrogen) atoms. The van der Waals surface area contributed by atoms with Crippen molar-refractivity contribution in [2.75, 3.05) is 6.07 Å². The standard InChI is InChI=1S/C16H22ClF2O5P/c1-3-15(4-2,23-11-13-8-6-5-7-9-13)14(22-12-17)10-16(18,19)24-25(20)21/h5-9,14H,3-4,10-12H2,1-2H3/p+1. The average molecular weight is 400 g/mol. The Bertz CT molecular complexity index is 529. The molecule has 0 aromatic heterocycles. The van der Waals surface area contributed by atoms with Crippen LogP contribution in [0, 0.1) is 0 Å². The van der Waals surface area contributed by atoms with Gasteiger partial charge in [0.05, 0.1) is 24.7 Å². The van der Waals surface area contributed by atoms with Gasteiger partial charge in [-0.25, -0.2) is 0 Å². The number of benzene rings is 1. The van der Waals surface area contributed by atoms with E-state index in [0.717, 1.165) is 5.56 Å². The van der Waals surface area contributed by atoms with Crippen molar-refractivity contribution in [1.82, 2.24) is 0 Å². The lowest BCUT2D eigenvalue weighted by atomic mass is 9.87. The molecule has 2 atom stereocenters. The van der Waals surface area contributed by atoms with E-state index in [1.54, 1.807) is 13.8 Å². The van der Waals surface area contributed by atoms with Crippen LogP contribution in [-0.4, -0.2) is 28.8 Å². The minimum Gasteiger partial charge on any atom is -0.368 e. The summed E-state index contributed by atoms with van der Waals surface area (Å²) in [6.07, 6.45) is -5.13. The fourth-order valence-electron chi connectivity index (χ4n) is 2.64. The molecule has 0 radical (unpaired) electrons. The summed E-state index contributed by atoms with van der Waals surface area (Å²) in [5.74, 6) is 0. The Kier molecular flexibility index (Phi) is 9.35. The zero-order valence-corrected chi connectivity index (χ0v) is 15.8. The van der Waals surface area contributed by atoms with Crippen LogP contribution in [0.1, 0.15) is 38.7 Å².